The van der Waals surface area contributed by atoms with Crippen LogP contribution in [0.2, 0.25) is 5.02 Å². The van der Waals surface area contributed by atoms with Crippen molar-refractivity contribution in [2.45, 2.75) is 57.3 Å². The highest BCUT2D eigenvalue weighted by Gasteiger charge is 2.35. The number of ether oxygens (including phenoxy) is 2. The number of carbonyl (C=O) groups excluding carboxylic acids is 2. The summed E-state index contributed by atoms with van der Waals surface area (Å²) < 4.78 is 13.1. The molecule has 0 unspecified atom stereocenters. The Kier molecular flexibility index (Phi) is 12.7. The molecule has 3 aliphatic rings. The molecule has 2 atom stereocenters. The Labute approximate surface area is 341 Å². The van der Waals surface area contributed by atoms with Crippen LogP contribution >= 0.6 is 34.2 Å². The molecule has 4 aromatic rings. The minimum atomic E-state index is -0.281. The molecule has 0 radical (unpaired) electrons. The van der Waals surface area contributed by atoms with Gasteiger partial charge in [-0.15, -0.1) is 0 Å². The van der Waals surface area contributed by atoms with E-state index in [0.29, 0.717) is 63.1 Å². The number of aromatic nitrogens is 2. The summed E-state index contributed by atoms with van der Waals surface area (Å²) in [6, 6.07) is 20.4. The van der Waals surface area contributed by atoms with Crippen molar-refractivity contribution in [2.24, 2.45) is 0 Å². The first-order chi connectivity index (χ1) is 26.8. The summed E-state index contributed by atoms with van der Waals surface area (Å²) in [6.07, 6.45) is 5.16. The van der Waals surface area contributed by atoms with Gasteiger partial charge in [0.05, 0.1) is 17.3 Å². The van der Waals surface area contributed by atoms with E-state index < -0.39 is 0 Å². The Balaban J connectivity index is 1.07. The third-order valence-corrected chi connectivity index (χ3v) is 11.7. The van der Waals surface area contributed by atoms with Crippen molar-refractivity contribution < 1.29 is 19.1 Å². The maximum Gasteiger partial charge on any atom is 0.318 e. The second-order valence-corrected chi connectivity index (χ2v) is 15.9. The number of amides is 1. The van der Waals surface area contributed by atoms with Crippen molar-refractivity contribution in [1.29, 1.82) is 0 Å². The summed E-state index contributed by atoms with van der Waals surface area (Å²) in [7, 11) is 0. The molecule has 13 heteroatoms. The van der Waals surface area contributed by atoms with Crippen LogP contribution < -0.4 is 14.5 Å². The molecule has 1 amide bonds. The first kappa shape index (κ1) is 38.8. The number of hydrogen-bond donors (Lipinski definition) is 0. The maximum absolute atomic E-state index is 12.7. The highest BCUT2D eigenvalue weighted by atomic mass is 131. The van der Waals surface area contributed by atoms with Gasteiger partial charge in [0.25, 0.3) is 0 Å². The van der Waals surface area contributed by atoms with Gasteiger partial charge >= 0.3 is 12.0 Å². The van der Waals surface area contributed by atoms with E-state index in [0.717, 1.165) is 75.1 Å². The van der Waals surface area contributed by atoms with Crippen molar-refractivity contribution in [3.8, 4) is 6.01 Å². The summed E-state index contributed by atoms with van der Waals surface area (Å²) in [4.78, 5) is 47.6. The number of fused-ring (bicyclic) bond motifs is 2. The second-order valence-electron chi connectivity index (χ2n) is 14.3. The topological polar surface area (TPSA) is 95.7 Å². The highest BCUT2D eigenvalue weighted by molar-refractivity contribution is 14.1. The normalized spacial score (nSPS) is 18.5. The zero-order chi connectivity index (χ0) is 38.3. The van der Waals surface area contributed by atoms with E-state index in [1.165, 1.54) is 6.08 Å². The van der Waals surface area contributed by atoms with Gasteiger partial charge in [0.15, 0.2) is 0 Å². The molecule has 3 aromatic carbocycles. The van der Waals surface area contributed by atoms with Crippen LogP contribution in [0.15, 0.2) is 73.3 Å². The minimum absolute atomic E-state index is 0.161. The van der Waals surface area contributed by atoms with Gasteiger partial charge in [-0.05, 0) is 103 Å². The first-order valence-electron chi connectivity index (χ1n) is 18.9. The van der Waals surface area contributed by atoms with Crippen LogP contribution in [0.4, 0.5) is 11.5 Å². The molecule has 4 heterocycles. The second kappa shape index (κ2) is 18.0. The van der Waals surface area contributed by atoms with Gasteiger partial charge in [-0.1, -0.05) is 54.6 Å². The monoisotopic (exact) mass is 877 g/mol. The van der Waals surface area contributed by atoms with Crippen LogP contribution in [-0.2, 0) is 33.9 Å². The standard InChI is InChI=1S/C42H45ClIN7O4/c1-3-38(52)51-22-21-50(25-33(51)24-45-2)41-34-17-20-49(37-15-6-11-30-10-5-14-35(43)40(30)37)26-36(34)46-42(47-41)55-28-32-13-7-18-48(32)19-8-16-39(53)54-27-29-9-4-12-31(44)23-29/h3-6,9-12,14-15,23,32-33H,1,7-8,13,16-22,24-28H2/t32-,33-/m0/s1/i44+4. The predicted molar refractivity (Wildman–Crippen MR) is 223 cm³/mol. The van der Waals surface area contributed by atoms with Crippen molar-refractivity contribution in [3.05, 3.63) is 110 Å². The highest BCUT2D eigenvalue weighted by Crippen LogP contribution is 2.37. The SMILES string of the molecule is [C-]#[N+]C[C@H]1CN(c2nc(OC[C@@H]3CCCN3CCCC(=O)OCc3cccc([131I])c3)nc3c2CCN(c2cccc4cccc(Cl)c24)C3)CCN1C(=O)C=C. The lowest BCUT2D eigenvalue weighted by Crippen LogP contribution is -2.56. The number of hydrogen-bond acceptors (Lipinski definition) is 9. The van der Waals surface area contributed by atoms with Crippen molar-refractivity contribution in [3.63, 3.8) is 0 Å². The van der Waals surface area contributed by atoms with E-state index in [1.807, 2.05) is 36.4 Å². The largest absolute Gasteiger partial charge is 0.462 e. The molecular weight excluding hydrogens is 833 g/mol. The molecule has 1 aromatic heterocycles. The molecular formula is C42H45ClIN7O4. The van der Waals surface area contributed by atoms with Crippen molar-refractivity contribution >= 4 is 68.3 Å². The lowest BCUT2D eigenvalue weighted by Gasteiger charge is -2.41. The van der Waals surface area contributed by atoms with Gasteiger partial charge in [0, 0.05) is 58.8 Å². The van der Waals surface area contributed by atoms with E-state index in [2.05, 4.69) is 73.0 Å². The molecule has 3 aliphatic heterocycles. The molecule has 286 valence electrons. The average Bonchev–Trinajstić information content (AvgIpc) is 3.65. The predicted octanol–water partition coefficient (Wildman–Crippen LogP) is 6.94. The fraction of sp³-hybridized carbons (Fsp3) is 0.405. The molecule has 7 rings (SSSR count). The van der Waals surface area contributed by atoms with Crippen LogP contribution in [0.3, 0.4) is 0 Å². The van der Waals surface area contributed by atoms with Crippen LogP contribution in [0.25, 0.3) is 15.6 Å². The third-order valence-electron chi connectivity index (χ3n) is 10.8. The number of benzene rings is 3. The summed E-state index contributed by atoms with van der Waals surface area (Å²) >= 11 is 9.02. The van der Waals surface area contributed by atoms with Gasteiger partial charge in [0.2, 0.25) is 12.5 Å². The van der Waals surface area contributed by atoms with Gasteiger partial charge in [-0.25, -0.2) is 6.57 Å². The van der Waals surface area contributed by atoms with Crippen LogP contribution in [-0.4, -0.2) is 96.1 Å². The summed E-state index contributed by atoms with van der Waals surface area (Å²) in [5, 5.41) is 2.82. The van der Waals surface area contributed by atoms with E-state index in [4.69, 9.17) is 37.6 Å². The zero-order valence-electron chi connectivity index (χ0n) is 30.8. The van der Waals surface area contributed by atoms with Gasteiger partial charge in [-0.3, -0.25) is 14.5 Å². The quantitative estimate of drug-likeness (QED) is 0.0613. The molecule has 11 nitrogen and oxygen atoms in total. The minimum Gasteiger partial charge on any atom is -0.462 e. The van der Waals surface area contributed by atoms with Gasteiger partial charge in [0.1, 0.15) is 25.1 Å². The smallest absolute Gasteiger partial charge is 0.318 e. The average molecular weight is 878 g/mol. The third kappa shape index (κ3) is 9.17. The number of esters is 1. The van der Waals surface area contributed by atoms with E-state index in [-0.39, 0.29) is 37.1 Å². The Morgan fingerprint density at radius 1 is 1.04 bits per heavy atom. The Bertz CT molecular complexity index is 2090. The lowest BCUT2D eigenvalue weighted by atomic mass is 10.0. The fourth-order valence-electron chi connectivity index (χ4n) is 8.01. The summed E-state index contributed by atoms with van der Waals surface area (Å²) in [6.45, 7) is 16.7. The molecule has 0 N–H and O–H groups in total. The summed E-state index contributed by atoms with van der Waals surface area (Å²) in [5.74, 6) is 0.462. The number of nitrogens with zero attached hydrogens (tertiary/aromatic N) is 7. The summed E-state index contributed by atoms with van der Waals surface area (Å²) in [5.41, 5.74) is 4.01. The Morgan fingerprint density at radius 2 is 1.87 bits per heavy atom. The maximum atomic E-state index is 12.7. The number of piperazine rings is 1. The molecule has 0 saturated carbocycles. The molecule has 2 fully saturated rings. The molecule has 0 aliphatic carbocycles. The van der Waals surface area contributed by atoms with Gasteiger partial charge in [-0.2, -0.15) is 9.97 Å². The Morgan fingerprint density at radius 3 is 2.69 bits per heavy atom. The fourth-order valence-corrected chi connectivity index (χ4v) is 8.90. The van der Waals surface area contributed by atoms with Crippen LogP contribution in [0.5, 0.6) is 6.01 Å². The van der Waals surface area contributed by atoms with Crippen LogP contribution in [0, 0.1) is 10.1 Å². The molecule has 0 spiro atoms. The number of likely N-dealkylation sites (tertiary alicyclic amines) is 1. The Hall–Kier alpha value is -4.45. The zero-order valence-corrected chi connectivity index (χ0v) is 33.8. The first-order valence-corrected chi connectivity index (χ1v) is 20.4. The number of halogens is 2. The van der Waals surface area contributed by atoms with Crippen molar-refractivity contribution in [2.75, 3.05) is 62.2 Å². The lowest BCUT2D eigenvalue weighted by molar-refractivity contribution is -0.145. The van der Waals surface area contributed by atoms with Crippen LogP contribution in [0.1, 0.15) is 42.5 Å². The number of anilines is 2. The number of carbonyl (C=O) groups is 2. The van der Waals surface area contributed by atoms with Gasteiger partial charge < -0.3 is 29.0 Å². The number of rotatable bonds is 13. The molecule has 55 heavy (non-hydrogen) atoms. The van der Waals surface area contributed by atoms with E-state index in [1.54, 1.807) is 4.90 Å². The molecule has 0 bridgehead atoms. The van der Waals surface area contributed by atoms with E-state index in [9.17, 15) is 9.59 Å². The van der Waals surface area contributed by atoms with E-state index >= 15 is 0 Å². The molecule has 2 saturated heterocycles. The van der Waals surface area contributed by atoms with Crippen molar-refractivity contribution in [1.82, 2.24) is 19.8 Å².